The first kappa shape index (κ1) is 23.0. The molecule has 2 aliphatic rings. The number of esters is 2. The van der Waals surface area contributed by atoms with Crippen molar-refractivity contribution in [2.24, 2.45) is 5.92 Å². The highest BCUT2D eigenvalue weighted by Gasteiger charge is 2.43. The van der Waals surface area contributed by atoms with E-state index in [0.717, 1.165) is 0 Å². The predicted molar refractivity (Wildman–Crippen MR) is 110 cm³/mol. The van der Waals surface area contributed by atoms with Gasteiger partial charge in [-0.15, -0.1) is 0 Å². The van der Waals surface area contributed by atoms with E-state index >= 15 is 0 Å². The summed E-state index contributed by atoms with van der Waals surface area (Å²) in [5.74, 6) is -1.78. The summed E-state index contributed by atoms with van der Waals surface area (Å²) in [5.41, 5.74) is 0.779. The van der Waals surface area contributed by atoms with Crippen LogP contribution in [0.3, 0.4) is 0 Å². The van der Waals surface area contributed by atoms with E-state index in [9.17, 15) is 24.6 Å². The van der Waals surface area contributed by atoms with Crippen molar-refractivity contribution in [3.8, 4) is 5.75 Å². The second kappa shape index (κ2) is 9.65. The number of ether oxygens (including phenoxy) is 2. The Hall–Kier alpha value is -2.65. The van der Waals surface area contributed by atoms with Crippen molar-refractivity contribution >= 4 is 17.8 Å². The van der Waals surface area contributed by atoms with Crippen LogP contribution in [-0.4, -0.2) is 65.0 Å². The number of hydrogen-bond donors (Lipinski definition) is 4. The molecule has 1 amide bonds. The molecule has 9 heteroatoms. The van der Waals surface area contributed by atoms with Gasteiger partial charge >= 0.3 is 11.9 Å². The van der Waals surface area contributed by atoms with Crippen molar-refractivity contribution in [3.63, 3.8) is 0 Å². The molecule has 5 atom stereocenters. The minimum absolute atomic E-state index is 0.0821. The van der Waals surface area contributed by atoms with Gasteiger partial charge in [0.25, 0.3) is 5.91 Å². The van der Waals surface area contributed by atoms with Crippen molar-refractivity contribution in [1.82, 2.24) is 10.6 Å². The number of hydrogen-bond acceptors (Lipinski definition) is 8. The fraction of sp³-hybridized carbons (Fsp3) is 0.591. The average molecular weight is 434 g/mol. The van der Waals surface area contributed by atoms with Crippen LogP contribution in [-0.2, 0) is 25.5 Å². The summed E-state index contributed by atoms with van der Waals surface area (Å²) in [6, 6.07) is 3.80. The number of carbonyl (C=O) groups is 3. The number of carbonyl (C=O) groups excluding carboxylic acids is 3. The Labute approximate surface area is 181 Å². The number of amides is 1. The lowest BCUT2D eigenvalue weighted by molar-refractivity contribution is -0.150. The number of phenolic OH excluding ortho intramolecular Hbond substituents is 1. The molecule has 4 N–H and O–H groups in total. The van der Waals surface area contributed by atoms with Crippen LogP contribution in [0.2, 0.25) is 0 Å². The number of benzene rings is 1. The third-order valence-corrected chi connectivity index (χ3v) is 5.61. The van der Waals surface area contributed by atoms with E-state index in [4.69, 9.17) is 9.47 Å². The standard InChI is InChI=1S/C22H30N2O7/c1-4-23-14-10-17(26)31-20(14)19(27)21(28)24-13(8-11(2)3)16-9-12-6-5-7-15(25)18(12)22(29)30-16/h5-7,11,13-14,16,19-20,23,25,27H,4,8-10H2,1-3H3,(H,24,28)/t13-,14-,16-,19-,20-/m0/s1. The Bertz CT molecular complexity index is 841. The first-order chi connectivity index (χ1) is 14.7. The van der Waals surface area contributed by atoms with Gasteiger partial charge in [0.05, 0.1) is 18.5 Å². The first-order valence-corrected chi connectivity index (χ1v) is 10.6. The Kier molecular flexibility index (Phi) is 7.17. The molecule has 3 rings (SSSR count). The Balaban J connectivity index is 1.75. The first-order valence-electron chi connectivity index (χ1n) is 10.6. The summed E-state index contributed by atoms with van der Waals surface area (Å²) < 4.78 is 10.7. The van der Waals surface area contributed by atoms with Crippen molar-refractivity contribution < 1.29 is 34.1 Å². The zero-order valence-corrected chi connectivity index (χ0v) is 18.0. The molecule has 31 heavy (non-hydrogen) atoms. The number of aromatic hydroxyl groups is 1. The van der Waals surface area contributed by atoms with E-state index in [1.165, 1.54) is 6.07 Å². The van der Waals surface area contributed by atoms with E-state index in [-0.39, 0.29) is 23.7 Å². The van der Waals surface area contributed by atoms with Crippen molar-refractivity contribution in [2.75, 3.05) is 6.54 Å². The zero-order chi connectivity index (χ0) is 22.7. The topological polar surface area (TPSA) is 134 Å². The van der Waals surface area contributed by atoms with Gasteiger partial charge in [-0.25, -0.2) is 4.79 Å². The lowest BCUT2D eigenvalue weighted by Crippen LogP contribution is -2.55. The molecule has 0 aliphatic carbocycles. The van der Waals surface area contributed by atoms with Crippen LogP contribution in [0.1, 0.15) is 49.5 Å². The number of aliphatic hydroxyl groups excluding tert-OH is 1. The maximum atomic E-state index is 12.8. The number of rotatable bonds is 8. The van der Waals surface area contributed by atoms with Crippen LogP contribution in [0.15, 0.2) is 18.2 Å². The molecular weight excluding hydrogens is 404 g/mol. The maximum absolute atomic E-state index is 12.8. The Morgan fingerprint density at radius 3 is 2.65 bits per heavy atom. The molecule has 170 valence electrons. The summed E-state index contributed by atoms with van der Waals surface area (Å²) in [7, 11) is 0. The van der Waals surface area contributed by atoms with Gasteiger partial charge in [0.2, 0.25) is 0 Å². The number of cyclic esters (lactones) is 2. The summed E-state index contributed by atoms with van der Waals surface area (Å²) in [5, 5.41) is 26.4. The molecule has 1 aromatic rings. The van der Waals surface area contributed by atoms with Gasteiger partial charge in [0, 0.05) is 6.42 Å². The fourth-order valence-corrected chi connectivity index (χ4v) is 4.21. The third-order valence-electron chi connectivity index (χ3n) is 5.61. The number of nitrogens with one attached hydrogen (secondary N) is 2. The van der Waals surface area contributed by atoms with E-state index in [2.05, 4.69) is 10.6 Å². The molecule has 0 saturated carbocycles. The second-order valence-electron chi connectivity index (χ2n) is 8.47. The molecule has 0 spiro atoms. The molecule has 2 aliphatic heterocycles. The summed E-state index contributed by atoms with van der Waals surface area (Å²) in [6.07, 6.45) is -2.29. The molecular formula is C22H30N2O7. The van der Waals surface area contributed by atoms with E-state index < -0.39 is 48.2 Å². The minimum Gasteiger partial charge on any atom is -0.507 e. The molecule has 1 fully saturated rings. The quantitative estimate of drug-likeness (QED) is 0.439. The highest BCUT2D eigenvalue weighted by atomic mass is 16.6. The van der Waals surface area contributed by atoms with Crippen molar-refractivity contribution in [3.05, 3.63) is 29.3 Å². The van der Waals surface area contributed by atoms with Gasteiger partial charge in [-0.2, -0.15) is 0 Å². The molecule has 1 saturated heterocycles. The molecule has 0 bridgehead atoms. The average Bonchev–Trinajstić information content (AvgIpc) is 3.06. The second-order valence-corrected chi connectivity index (χ2v) is 8.47. The lowest BCUT2D eigenvalue weighted by atomic mass is 9.90. The van der Waals surface area contributed by atoms with Gasteiger partial charge in [0.15, 0.2) is 12.2 Å². The van der Waals surface area contributed by atoms with Gasteiger partial charge in [-0.3, -0.25) is 9.59 Å². The van der Waals surface area contributed by atoms with Crippen LogP contribution >= 0.6 is 0 Å². The van der Waals surface area contributed by atoms with Crippen LogP contribution in [0.25, 0.3) is 0 Å². The molecule has 2 heterocycles. The van der Waals surface area contributed by atoms with Crippen molar-refractivity contribution in [1.29, 1.82) is 0 Å². The number of likely N-dealkylation sites (N-methyl/N-ethyl adjacent to an activating group) is 1. The van der Waals surface area contributed by atoms with Gasteiger partial charge in [-0.1, -0.05) is 32.9 Å². The monoisotopic (exact) mass is 434 g/mol. The molecule has 9 nitrogen and oxygen atoms in total. The Morgan fingerprint density at radius 1 is 1.23 bits per heavy atom. The largest absolute Gasteiger partial charge is 0.507 e. The summed E-state index contributed by atoms with van der Waals surface area (Å²) in [6.45, 7) is 6.37. The van der Waals surface area contributed by atoms with E-state index in [1.54, 1.807) is 12.1 Å². The highest BCUT2D eigenvalue weighted by molar-refractivity contribution is 5.95. The molecule has 1 aromatic carbocycles. The fourth-order valence-electron chi connectivity index (χ4n) is 4.21. The molecule has 0 aromatic heterocycles. The number of aliphatic hydroxyl groups is 1. The van der Waals surface area contributed by atoms with Gasteiger partial charge in [0.1, 0.15) is 17.4 Å². The van der Waals surface area contributed by atoms with Crippen LogP contribution < -0.4 is 10.6 Å². The predicted octanol–water partition coefficient (Wildman–Crippen LogP) is 0.659. The van der Waals surface area contributed by atoms with Crippen LogP contribution in [0, 0.1) is 5.92 Å². The zero-order valence-electron chi connectivity index (χ0n) is 18.0. The molecule has 0 unspecified atom stereocenters. The SMILES string of the molecule is CCN[C@H]1CC(=O)O[C@@H]1[C@H](O)C(=O)N[C@@H](CC(C)C)[C@@H]1Cc2cccc(O)c2C(=O)O1. The third kappa shape index (κ3) is 5.16. The van der Waals surface area contributed by atoms with Gasteiger partial charge < -0.3 is 30.3 Å². The van der Waals surface area contributed by atoms with Crippen LogP contribution in [0.4, 0.5) is 0 Å². The van der Waals surface area contributed by atoms with Crippen molar-refractivity contribution in [2.45, 2.75) is 70.4 Å². The highest BCUT2D eigenvalue weighted by Crippen LogP contribution is 2.30. The normalized spacial score (nSPS) is 24.9. The van der Waals surface area contributed by atoms with E-state index in [0.29, 0.717) is 24.9 Å². The van der Waals surface area contributed by atoms with Crippen LogP contribution in [0.5, 0.6) is 5.75 Å². The Morgan fingerprint density at radius 2 is 1.97 bits per heavy atom. The number of phenols is 1. The van der Waals surface area contributed by atoms with E-state index in [1.807, 2.05) is 20.8 Å². The van der Waals surface area contributed by atoms with Gasteiger partial charge in [-0.05, 0) is 30.5 Å². The summed E-state index contributed by atoms with van der Waals surface area (Å²) >= 11 is 0. The lowest BCUT2D eigenvalue weighted by Gasteiger charge is -2.34. The number of fused-ring (bicyclic) bond motifs is 1. The smallest absolute Gasteiger partial charge is 0.342 e. The molecule has 0 radical (unpaired) electrons. The maximum Gasteiger partial charge on any atom is 0.342 e. The minimum atomic E-state index is -1.55. The summed E-state index contributed by atoms with van der Waals surface area (Å²) in [4.78, 5) is 37.0.